The Labute approximate surface area is 126 Å². The number of ether oxygens (including phenoxy) is 1. The van der Waals surface area contributed by atoms with Gasteiger partial charge >= 0.3 is 5.97 Å². The van der Waals surface area contributed by atoms with E-state index in [9.17, 15) is 4.79 Å². The van der Waals surface area contributed by atoms with Crippen molar-refractivity contribution in [1.82, 2.24) is 9.97 Å². The van der Waals surface area contributed by atoms with Crippen molar-refractivity contribution in [3.63, 3.8) is 0 Å². The Kier molecular flexibility index (Phi) is 5.84. The van der Waals surface area contributed by atoms with Crippen LogP contribution in [-0.4, -0.2) is 27.7 Å². The Hall–Kier alpha value is -1.49. The molecule has 0 fully saturated rings. The minimum absolute atomic E-state index is 0.443. The van der Waals surface area contributed by atoms with Crippen molar-refractivity contribution in [3.05, 3.63) is 22.8 Å². The van der Waals surface area contributed by atoms with Crippen LogP contribution in [0.25, 0.3) is 0 Å². The number of carboxylic acid groups (broad SMARTS) is 1. The van der Waals surface area contributed by atoms with E-state index in [1.54, 1.807) is 6.92 Å². The van der Waals surface area contributed by atoms with Crippen LogP contribution in [0.4, 0.5) is 0 Å². The standard InChI is InChI=1S/C16H26N2O3/c1-7-16(6,21-8-2)15-17-11(4)13(12(5)18-15)9-10(3)14(19)20/h10H,7-9H2,1-6H3,(H,19,20). The van der Waals surface area contributed by atoms with E-state index in [2.05, 4.69) is 9.97 Å². The Morgan fingerprint density at radius 1 is 1.29 bits per heavy atom. The van der Waals surface area contributed by atoms with Crippen molar-refractivity contribution in [2.75, 3.05) is 6.61 Å². The number of carboxylic acids is 1. The van der Waals surface area contributed by atoms with Gasteiger partial charge in [-0.2, -0.15) is 0 Å². The first kappa shape index (κ1) is 17.6. The number of nitrogens with zero attached hydrogens (tertiary/aromatic N) is 2. The first-order chi connectivity index (χ1) is 9.75. The van der Waals surface area contributed by atoms with E-state index in [-0.39, 0.29) is 0 Å². The van der Waals surface area contributed by atoms with Gasteiger partial charge in [-0.1, -0.05) is 13.8 Å². The Bertz CT molecular complexity index is 493. The molecule has 0 radical (unpaired) electrons. The van der Waals surface area contributed by atoms with E-state index in [4.69, 9.17) is 9.84 Å². The third kappa shape index (κ3) is 4.00. The topological polar surface area (TPSA) is 72.3 Å². The molecule has 0 saturated heterocycles. The summed E-state index contributed by atoms with van der Waals surface area (Å²) in [7, 11) is 0. The fourth-order valence-corrected chi connectivity index (χ4v) is 2.31. The number of hydrogen-bond acceptors (Lipinski definition) is 4. The Balaban J connectivity index is 3.18. The fourth-order valence-electron chi connectivity index (χ4n) is 2.31. The van der Waals surface area contributed by atoms with Crippen LogP contribution in [0.5, 0.6) is 0 Å². The molecule has 2 unspecified atom stereocenters. The molecule has 0 saturated carbocycles. The molecule has 1 aromatic rings. The van der Waals surface area contributed by atoms with Gasteiger partial charge in [-0.25, -0.2) is 9.97 Å². The molecular formula is C16H26N2O3. The first-order valence-electron chi connectivity index (χ1n) is 7.46. The van der Waals surface area contributed by atoms with Crippen molar-refractivity contribution >= 4 is 5.97 Å². The second kappa shape index (κ2) is 6.98. The lowest BCUT2D eigenvalue weighted by Crippen LogP contribution is -2.29. The molecular weight excluding hydrogens is 268 g/mol. The normalized spacial score (nSPS) is 15.5. The molecule has 0 aliphatic carbocycles. The van der Waals surface area contributed by atoms with Gasteiger partial charge in [0.05, 0.1) is 5.92 Å². The Morgan fingerprint density at radius 2 is 1.81 bits per heavy atom. The van der Waals surface area contributed by atoms with Crippen molar-refractivity contribution in [2.24, 2.45) is 5.92 Å². The molecule has 2 atom stereocenters. The lowest BCUT2D eigenvalue weighted by molar-refractivity contribution is -0.141. The average Bonchev–Trinajstić information content (AvgIpc) is 2.42. The number of carbonyl (C=O) groups is 1. The van der Waals surface area contributed by atoms with Crippen LogP contribution in [0.3, 0.4) is 0 Å². The predicted molar refractivity (Wildman–Crippen MR) is 81.3 cm³/mol. The number of rotatable bonds is 7. The molecule has 5 nitrogen and oxygen atoms in total. The maximum atomic E-state index is 11.0. The maximum Gasteiger partial charge on any atom is 0.306 e. The van der Waals surface area contributed by atoms with Gasteiger partial charge in [0, 0.05) is 18.0 Å². The molecule has 0 amide bonds. The van der Waals surface area contributed by atoms with Gasteiger partial charge in [-0.05, 0) is 46.1 Å². The smallest absolute Gasteiger partial charge is 0.306 e. The number of aryl methyl sites for hydroxylation is 2. The minimum atomic E-state index is -0.800. The zero-order valence-electron chi connectivity index (χ0n) is 13.9. The molecule has 5 heteroatoms. The molecule has 21 heavy (non-hydrogen) atoms. The zero-order valence-corrected chi connectivity index (χ0v) is 13.9. The van der Waals surface area contributed by atoms with Crippen LogP contribution in [0, 0.1) is 19.8 Å². The molecule has 0 spiro atoms. The van der Waals surface area contributed by atoms with Crippen molar-refractivity contribution in [1.29, 1.82) is 0 Å². The summed E-state index contributed by atoms with van der Waals surface area (Å²) >= 11 is 0. The average molecular weight is 294 g/mol. The molecule has 0 aliphatic heterocycles. The predicted octanol–water partition coefficient (Wildman–Crippen LogP) is 3.02. The lowest BCUT2D eigenvalue weighted by atomic mass is 9.97. The third-order valence-electron chi connectivity index (χ3n) is 3.96. The van der Waals surface area contributed by atoms with Gasteiger partial charge in [0.15, 0.2) is 5.82 Å². The van der Waals surface area contributed by atoms with Crippen LogP contribution >= 0.6 is 0 Å². The van der Waals surface area contributed by atoms with E-state index in [0.29, 0.717) is 18.9 Å². The summed E-state index contributed by atoms with van der Waals surface area (Å²) < 4.78 is 5.81. The number of hydrogen-bond donors (Lipinski definition) is 1. The molecule has 1 N–H and O–H groups in total. The van der Waals surface area contributed by atoms with Crippen molar-refractivity contribution in [2.45, 2.75) is 60.0 Å². The first-order valence-corrected chi connectivity index (χ1v) is 7.46. The fraction of sp³-hybridized carbons (Fsp3) is 0.688. The summed E-state index contributed by atoms with van der Waals surface area (Å²) in [6.45, 7) is 12.1. The van der Waals surface area contributed by atoms with Crippen LogP contribution in [-0.2, 0) is 21.6 Å². The van der Waals surface area contributed by atoms with Gasteiger partial charge in [0.2, 0.25) is 0 Å². The second-order valence-corrected chi connectivity index (χ2v) is 5.66. The van der Waals surface area contributed by atoms with Gasteiger partial charge < -0.3 is 9.84 Å². The Morgan fingerprint density at radius 3 is 2.19 bits per heavy atom. The second-order valence-electron chi connectivity index (χ2n) is 5.66. The molecule has 118 valence electrons. The summed E-state index contributed by atoms with van der Waals surface area (Å²) in [5.41, 5.74) is 2.10. The van der Waals surface area contributed by atoms with E-state index >= 15 is 0 Å². The highest BCUT2D eigenvalue weighted by atomic mass is 16.5. The highest BCUT2D eigenvalue weighted by molar-refractivity contribution is 5.70. The summed E-state index contributed by atoms with van der Waals surface area (Å²) in [5, 5.41) is 9.06. The van der Waals surface area contributed by atoms with Crippen LogP contribution in [0.15, 0.2) is 0 Å². The van der Waals surface area contributed by atoms with Gasteiger partial charge in [0.25, 0.3) is 0 Å². The van der Waals surface area contributed by atoms with Crippen molar-refractivity contribution < 1.29 is 14.6 Å². The highest BCUT2D eigenvalue weighted by Gasteiger charge is 2.29. The molecule has 0 bridgehead atoms. The van der Waals surface area contributed by atoms with E-state index in [1.165, 1.54) is 0 Å². The molecule has 0 aliphatic rings. The largest absolute Gasteiger partial charge is 0.481 e. The lowest BCUT2D eigenvalue weighted by Gasteiger charge is -2.27. The zero-order chi connectivity index (χ0) is 16.2. The third-order valence-corrected chi connectivity index (χ3v) is 3.96. The van der Waals surface area contributed by atoms with E-state index in [1.807, 2.05) is 34.6 Å². The number of aliphatic carboxylic acids is 1. The monoisotopic (exact) mass is 294 g/mol. The SMILES string of the molecule is CCOC(C)(CC)c1nc(C)c(CC(C)C(=O)O)c(C)n1. The summed E-state index contributed by atoms with van der Waals surface area (Å²) in [6.07, 6.45) is 1.23. The number of aromatic nitrogens is 2. The quantitative estimate of drug-likeness (QED) is 0.837. The molecule has 1 rings (SSSR count). The van der Waals surface area contributed by atoms with Gasteiger partial charge in [0.1, 0.15) is 5.60 Å². The summed E-state index contributed by atoms with van der Waals surface area (Å²) in [5.74, 6) is -0.569. The van der Waals surface area contributed by atoms with Crippen LogP contribution < -0.4 is 0 Å². The van der Waals surface area contributed by atoms with Crippen LogP contribution in [0.2, 0.25) is 0 Å². The van der Waals surface area contributed by atoms with E-state index < -0.39 is 17.5 Å². The summed E-state index contributed by atoms with van der Waals surface area (Å²) in [6, 6.07) is 0. The van der Waals surface area contributed by atoms with Gasteiger partial charge in [-0.15, -0.1) is 0 Å². The van der Waals surface area contributed by atoms with Gasteiger partial charge in [-0.3, -0.25) is 4.79 Å². The highest BCUT2D eigenvalue weighted by Crippen LogP contribution is 2.28. The molecule has 1 heterocycles. The maximum absolute atomic E-state index is 11.0. The summed E-state index contributed by atoms with van der Waals surface area (Å²) in [4.78, 5) is 20.2. The van der Waals surface area contributed by atoms with Crippen molar-refractivity contribution in [3.8, 4) is 0 Å². The molecule has 1 aromatic heterocycles. The van der Waals surface area contributed by atoms with Crippen LogP contribution in [0.1, 0.15) is 56.9 Å². The minimum Gasteiger partial charge on any atom is -0.481 e. The molecule has 0 aromatic carbocycles. The van der Waals surface area contributed by atoms with E-state index in [0.717, 1.165) is 23.4 Å².